The molecule has 3 aromatic heterocycles. The van der Waals surface area contributed by atoms with Crippen LogP contribution in [0.25, 0.3) is 44.1 Å². The first-order valence-electron chi connectivity index (χ1n) is 14.6. The number of aliphatic hydroxyl groups is 2. The van der Waals surface area contributed by atoms with Crippen molar-refractivity contribution < 1.29 is 158 Å². The smallest absolute Gasteiger partial charge is 0.744 e. The molecule has 0 saturated heterocycles. The number of halogens is 3. The summed E-state index contributed by atoms with van der Waals surface area (Å²) in [6.45, 7) is 3.76. The van der Waals surface area contributed by atoms with E-state index in [1.165, 1.54) is 18.2 Å². The molecule has 10 nitrogen and oxygen atoms in total. The van der Waals surface area contributed by atoms with Crippen molar-refractivity contribution in [1.82, 2.24) is 9.97 Å². The van der Waals surface area contributed by atoms with Crippen molar-refractivity contribution in [2.75, 3.05) is 0 Å². The zero-order chi connectivity index (χ0) is 36.4. The van der Waals surface area contributed by atoms with E-state index >= 15 is 0 Å². The number of benzene rings is 3. The Morgan fingerprint density at radius 2 is 1.32 bits per heavy atom. The summed E-state index contributed by atoms with van der Waals surface area (Å²) in [6.07, 6.45) is -9.12. The molecule has 6 aromatic rings. The van der Waals surface area contributed by atoms with Gasteiger partial charge in [0.15, 0.2) is 6.10 Å². The number of aryl methyl sites for hydroxylation is 2. The third kappa shape index (κ3) is 12.6. The molecule has 1 radical (unpaired) electrons. The number of rotatable bonds is 8. The van der Waals surface area contributed by atoms with Gasteiger partial charge in [-0.3, -0.25) is 9.97 Å². The maximum Gasteiger partial charge on any atom is 1.00 e. The summed E-state index contributed by atoms with van der Waals surface area (Å²) in [5, 5.41) is 21.3. The molecule has 6 rings (SSSR count). The third-order valence-corrected chi connectivity index (χ3v) is 9.65. The zero-order valence-corrected chi connectivity index (χ0v) is 37.4. The van der Waals surface area contributed by atoms with Crippen LogP contribution in [0, 0.1) is 63.2 Å². The Balaban J connectivity index is 0.000000488. The van der Waals surface area contributed by atoms with Crippen LogP contribution in [-0.2, 0) is 21.5 Å². The molecule has 0 saturated carbocycles. The molecule has 3 heterocycles. The van der Waals surface area contributed by atoms with Crippen molar-refractivity contribution in [3.05, 3.63) is 107 Å². The van der Waals surface area contributed by atoms with E-state index in [9.17, 15) is 40.0 Å². The Kier molecular flexibility index (Phi) is 18.9. The van der Waals surface area contributed by atoms with E-state index in [0.717, 1.165) is 55.8 Å². The molecule has 0 aliphatic heterocycles. The van der Waals surface area contributed by atoms with Crippen LogP contribution in [-0.4, -0.2) is 54.2 Å². The van der Waals surface area contributed by atoms with Gasteiger partial charge in [-0.1, -0.05) is 42.5 Å². The minimum atomic E-state index is -4.67. The Labute approximate surface area is 395 Å². The molecule has 0 bridgehead atoms. The van der Waals surface area contributed by atoms with E-state index in [2.05, 4.69) is 0 Å². The second kappa shape index (κ2) is 20.6. The van der Waals surface area contributed by atoms with Crippen molar-refractivity contribution in [3.63, 3.8) is 0 Å². The number of hydrogen-bond acceptors (Lipinski definition) is 11. The molecule has 269 valence electrons. The minimum Gasteiger partial charge on any atom is -0.744 e. The van der Waals surface area contributed by atoms with Gasteiger partial charge >= 0.3 is 65.3 Å². The number of aromatic nitrogens is 2. The van der Waals surface area contributed by atoms with E-state index in [1.807, 2.05) is 38.1 Å². The maximum absolute atomic E-state index is 11.9. The van der Waals surface area contributed by atoms with Crippen molar-refractivity contribution in [3.8, 4) is 28.0 Å². The number of pyridine rings is 2. The molecule has 0 aliphatic rings. The van der Waals surface area contributed by atoms with Gasteiger partial charge in [-0.2, -0.15) is 13.2 Å². The standard InChI is InChI=1S/C26H20N2O6S2.C8H9F3O2S.Eu.2Na/c1-15-13-23(17-3-7-19(8-4-17)34-35(29)30)21-11-12-22-24(14-16(2)28-26(22)25(21)27-15)18-5-9-20(10-6-18)36(31,32)33;9-8(10,11)7(13)4-5(12)6-2-1-3-14-6;;;/h3-14H,1-2H3,(H,29,30)(H,31,32,33);1-3,5,7,12-13H,4H2;;;/q;;;2*+1/p-2. The van der Waals surface area contributed by atoms with Crippen LogP contribution in [0.1, 0.15) is 28.8 Å². The average Bonchev–Trinajstić information content (AvgIpc) is 3.59. The van der Waals surface area contributed by atoms with Crippen LogP contribution in [0.4, 0.5) is 13.2 Å². The number of thiophene rings is 1. The Bertz CT molecular complexity index is 2280. The van der Waals surface area contributed by atoms with E-state index in [4.69, 9.17) is 19.3 Å². The zero-order valence-electron chi connectivity index (χ0n) is 28.5. The molecule has 19 heteroatoms. The largest absolute Gasteiger partial charge is 1.00 e. The van der Waals surface area contributed by atoms with Crippen LogP contribution in [0.2, 0.25) is 0 Å². The van der Waals surface area contributed by atoms with Crippen LogP contribution < -0.4 is 63.3 Å². The van der Waals surface area contributed by atoms with Crippen LogP contribution >= 0.6 is 11.3 Å². The van der Waals surface area contributed by atoms with Gasteiger partial charge in [-0.25, -0.2) is 12.6 Å². The topological polar surface area (TPSA) is 173 Å². The summed E-state index contributed by atoms with van der Waals surface area (Å²) < 4.78 is 96.0. The number of alkyl halides is 3. The fraction of sp³-hybridized carbons (Fsp3) is 0.176. The van der Waals surface area contributed by atoms with Crippen molar-refractivity contribution in [2.24, 2.45) is 0 Å². The predicted molar refractivity (Wildman–Crippen MR) is 181 cm³/mol. The SMILES string of the molecule is Cc1cc(-c2ccc(OS(=O)[O-])cc2)c2ccc3c(-c4ccc(S(=O)(=O)[O-])cc4)cc(C)nc3c2n1.OC(CC(O)C(F)(F)F)c1cccs1.[Eu].[Na+].[Na+]. The van der Waals surface area contributed by atoms with Gasteiger partial charge in [0.05, 0.1) is 22.0 Å². The molecular weight excluding hydrogens is 916 g/mol. The van der Waals surface area contributed by atoms with E-state index < -0.39 is 46.3 Å². The summed E-state index contributed by atoms with van der Waals surface area (Å²) in [5.74, 6) is 0.213. The Hall–Kier alpha value is -0.706. The van der Waals surface area contributed by atoms with Crippen LogP contribution in [0.3, 0.4) is 0 Å². The van der Waals surface area contributed by atoms with Crippen LogP contribution in [0.15, 0.2) is 95.2 Å². The molecule has 3 atom stereocenters. The van der Waals surface area contributed by atoms with E-state index in [-0.39, 0.29) is 119 Å². The first-order valence-corrected chi connectivity index (χ1v) is 17.9. The quantitative estimate of drug-likeness (QED) is 0.0968. The van der Waals surface area contributed by atoms with Crippen molar-refractivity contribution >= 4 is 54.6 Å². The molecule has 53 heavy (non-hydrogen) atoms. The average molecular weight is 943 g/mol. The van der Waals surface area contributed by atoms with Gasteiger partial charge in [0.25, 0.3) is 0 Å². The maximum atomic E-state index is 11.9. The normalized spacial score (nSPS) is 13.0. The summed E-state index contributed by atoms with van der Waals surface area (Å²) >= 11 is -1.49. The van der Waals surface area contributed by atoms with Gasteiger partial charge in [-0.05, 0) is 83.9 Å². The number of nitrogens with zero attached hydrogens (tertiary/aromatic N) is 2. The number of aliphatic hydroxyl groups excluding tert-OH is 2. The molecular formula is C34H27EuF3N2Na2O8S3. The van der Waals surface area contributed by atoms with Crippen LogP contribution in [0.5, 0.6) is 5.75 Å². The third-order valence-electron chi connectivity index (χ3n) is 7.49. The summed E-state index contributed by atoms with van der Waals surface area (Å²) in [7, 11) is -4.54. The second-order valence-electron chi connectivity index (χ2n) is 11.1. The summed E-state index contributed by atoms with van der Waals surface area (Å²) in [6, 6.07) is 23.5. The first kappa shape index (κ1) is 48.4. The molecule has 0 fully saturated rings. The molecule has 0 aliphatic carbocycles. The van der Waals surface area contributed by atoms with Gasteiger partial charge in [-0.15, -0.1) is 11.3 Å². The molecule has 2 N–H and O–H groups in total. The predicted octanol–water partition coefficient (Wildman–Crippen LogP) is 0.914. The molecule has 0 amide bonds. The van der Waals surface area contributed by atoms with Gasteiger partial charge in [0.2, 0.25) is 0 Å². The minimum absolute atomic E-state index is 0. The number of hydrogen-bond donors (Lipinski definition) is 2. The number of fused-ring (bicyclic) bond motifs is 3. The molecule has 0 spiro atoms. The van der Waals surface area contributed by atoms with Gasteiger partial charge < -0.3 is 23.5 Å². The van der Waals surface area contributed by atoms with E-state index in [0.29, 0.717) is 15.9 Å². The summed E-state index contributed by atoms with van der Waals surface area (Å²) in [4.78, 5) is 9.69. The fourth-order valence-electron chi connectivity index (χ4n) is 5.22. The monoisotopic (exact) mass is 943 g/mol. The van der Waals surface area contributed by atoms with Gasteiger partial charge in [0.1, 0.15) is 27.2 Å². The van der Waals surface area contributed by atoms with E-state index in [1.54, 1.807) is 47.8 Å². The van der Waals surface area contributed by atoms with Crippen molar-refractivity contribution in [2.45, 2.75) is 43.5 Å². The van der Waals surface area contributed by atoms with Gasteiger partial charge in [0, 0.05) is 82.8 Å². The second-order valence-corrected chi connectivity index (χ2v) is 14.0. The summed E-state index contributed by atoms with van der Waals surface area (Å²) in [5.41, 5.74) is 6.27. The Morgan fingerprint density at radius 3 is 1.72 bits per heavy atom. The molecule has 3 unspecified atom stereocenters. The first-order chi connectivity index (χ1) is 23.5. The Morgan fingerprint density at radius 1 is 0.849 bits per heavy atom. The fourth-order valence-corrected chi connectivity index (χ4v) is 6.68. The molecule has 3 aromatic carbocycles. The van der Waals surface area contributed by atoms with Crippen molar-refractivity contribution in [1.29, 1.82) is 0 Å².